The first-order valence-electron chi connectivity index (χ1n) is 9.94. The summed E-state index contributed by atoms with van der Waals surface area (Å²) < 4.78 is 1.98. The molecule has 0 N–H and O–H groups in total. The summed E-state index contributed by atoms with van der Waals surface area (Å²) in [5, 5.41) is 1.29. The summed E-state index contributed by atoms with van der Waals surface area (Å²) in [6, 6.07) is 19.1. The van der Waals surface area contributed by atoms with Gasteiger partial charge in [0.15, 0.2) is 5.43 Å². The van der Waals surface area contributed by atoms with Crippen molar-refractivity contribution in [2.24, 2.45) is 0 Å². The van der Waals surface area contributed by atoms with E-state index in [-0.39, 0.29) is 23.9 Å². The van der Waals surface area contributed by atoms with E-state index in [1.54, 1.807) is 12.4 Å². The van der Waals surface area contributed by atoms with E-state index in [4.69, 9.17) is 0 Å². The largest absolute Gasteiger partial charge is 0.334 e. The molecule has 5 nitrogen and oxygen atoms in total. The third-order valence-electron chi connectivity index (χ3n) is 5.84. The lowest BCUT2D eigenvalue weighted by molar-refractivity contribution is -0.132. The lowest BCUT2D eigenvalue weighted by Gasteiger charge is -2.26. The van der Waals surface area contributed by atoms with Crippen LogP contribution in [-0.2, 0) is 11.3 Å². The van der Waals surface area contributed by atoms with Crippen molar-refractivity contribution in [2.75, 3.05) is 6.54 Å². The van der Waals surface area contributed by atoms with E-state index in [1.807, 2.05) is 70.1 Å². The fourth-order valence-electron chi connectivity index (χ4n) is 4.47. The fourth-order valence-corrected chi connectivity index (χ4v) is 4.47. The number of nitrogens with zero attached hydrogens (tertiary/aromatic N) is 3. The highest BCUT2D eigenvalue weighted by atomic mass is 16.2. The van der Waals surface area contributed by atoms with Crippen molar-refractivity contribution in [3.8, 4) is 0 Å². The normalized spacial score (nSPS) is 16.6. The molecule has 1 aliphatic heterocycles. The van der Waals surface area contributed by atoms with Crippen LogP contribution < -0.4 is 5.43 Å². The lowest BCUT2D eigenvalue weighted by atomic mass is 10.1. The maximum Gasteiger partial charge on any atom is 0.243 e. The van der Waals surface area contributed by atoms with E-state index in [0.717, 1.165) is 36.0 Å². The van der Waals surface area contributed by atoms with Crippen LogP contribution in [-0.4, -0.2) is 26.9 Å². The molecule has 1 aliphatic rings. The zero-order valence-electron chi connectivity index (χ0n) is 16.0. The number of rotatable bonds is 3. The van der Waals surface area contributed by atoms with Gasteiger partial charge in [-0.1, -0.05) is 24.3 Å². The standard InChI is InChI=1S/C24H21N3O2/c28-23(26-15-5-10-20(26)17-11-13-25-14-12-17)16-27-21-8-3-1-6-18(21)24(29)19-7-2-4-9-22(19)27/h1-4,6-9,11-14,20H,5,10,15-16H2. The predicted molar refractivity (Wildman–Crippen MR) is 114 cm³/mol. The van der Waals surface area contributed by atoms with Crippen LogP contribution in [0.2, 0.25) is 0 Å². The number of hydrogen-bond donors (Lipinski definition) is 0. The number of hydrogen-bond acceptors (Lipinski definition) is 3. The molecule has 4 aromatic rings. The molecule has 144 valence electrons. The minimum absolute atomic E-state index is 0.00994. The number of benzene rings is 2. The van der Waals surface area contributed by atoms with E-state index in [9.17, 15) is 9.59 Å². The zero-order chi connectivity index (χ0) is 19.8. The van der Waals surface area contributed by atoms with Gasteiger partial charge in [-0.15, -0.1) is 0 Å². The molecule has 1 saturated heterocycles. The highest BCUT2D eigenvalue weighted by Gasteiger charge is 2.30. The summed E-state index contributed by atoms with van der Waals surface area (Å²) in [6.07, 6.45) is 5.50. The molecule has 1 amide bonds. The Morgan fingerprint density at radius 3 is 2.21 bits per heavy atom. The molecule has 2 aromatic carbocycles. The van der Waals surface area contributed by atoms with Gasteiger partial charge in [0, 0.05) is 29.7 Å². The Kier molecular flexibility index (Phi) is 4.35. The van der Waals surface area contributed by atoms with E-state index in [2.05, 4.69) is 4.98 Å². The molecule has 1 unspecified atom stereocenters. The molecule has 2 aromatic heterocycles. The number of fused-ring (bicyclic) bond motifs is 2. The fraction of sp³-hybridized carbons (Fsp3) is 0.208. The SMILES string of the molecule is O=C(Cn1c2ccccc2c(=O)c2ccccc21)N1CCCC1c1ccncc1. The number of carbonyl (C=O) groups excluding carboxylic acids is 1. The molecule has 29 heavy (non-hydrogen) atoms. The van der Waals surface area contributed by atoms with Crippen molar-refractivity contribution in [2.45, 2.75) is 25.4 Å². The quantitative estimate of drug-likeness (QED) is 0.504. The van der Waals surface area contributed by atoms with Crippen molar-refractivity contribution in [3.63, 3.8) is 0 Å². The van der Waals surface area contributed by atoms with Gasteiger partial charge in [-0.25, -0.2) is 0 Å². The Morgan fingerprint density at radius 2 is 1.55 bits per heavy atom. The average molecular weight is 383 g/mol. The number of aromatic nitrogens is 2. The highest BCUT2D eigenvalue weighted by Crippen LogP contribution is 2.32. The first-order chi connectivity index (χ1) is 14.2. The molecule has 0 spiro atoms. The Labute approximate surface area is 168 Å². The molecule has 5 heteroatoms. The van der Waals surface area contributed by atoms with Crippen LogP contribution in [0.15, 0.2) is 77.9 Å². The molecule has 3 heterocycles. The van der Waals surface area contributed by atoms with Gasteiger partial charge in [-0.3, -0.25) is 14.6 Å². The second kappa shape index (κ2) is 7.17. The summed E-state index contributed by atoms with van der Waals surface area (Å²) in [5.41, 5.74) is 2.73. The van der Waals surface area contributed by atoms with Gasteiger partial charge in [0.05, 0.1) is 17.1 Å². The van der Waals surface area contributed by atoms with Crippen LogP contribution in [0.25, 0.3) is 21.8 Å². The van der Waals surface area contributed by atoms with Crippen LogP contribution in [0.1, 0.15) is 24.4 Å². The molecule has 1 atom stereocenters. The smallest absolute Gasteiger partial charge is 0.243 e. The summed E-state index contributed by atoms with van der Waals surface area (Å²) >= 11 is 0. The van der Waals surface area contributed by atoms with Gasteiger partial charge in [-0.2, -0.15) is 0 Å². The van der Waals surface area contributed by atoms with E-state index < -0.39 is 0 Å². The van der Waals surface area contributed by atoms with Crippen LogP contribution in [0, 0.1) is 0 Å². The van der Waals surface area contributed by atoms with Crippen molar-refractivity contribution < 1.29 is 4.79 Å². The average Bonchev–Trinajstić information content (AvgIpc) is 3.27. The Morgan fingerprint density at radius 1 is 0.931 bits per heavy atom. The van der Waals surface area contributed by atoms with Crippen LogP contribution in [0.3, 0.4) is 0 Å². The zero-order valence-corrected chi connectivity index (χ0v) is 16.0. The first-order valence-corrected chi connectivity index (χ1v) is 9.94. The van der Waals surface area contributed by atoms with Gasteiger partial charge < -0.3 is 9.47 Å². The molecule has 5 rings (SSSR count). The molecule has 0 aliphatic carbocycles. The number of likely N-dealkylation sites (tertiary alicyclic amines) is 1. The Hall–Kier alpha value is -3.47. The summed E-state index contributed by atoms with van der Waals surface area (Å²) in [6.45, 7) is 0.963. The second-order valence-corrected chi connectivity index (χ2v) is 7.48. The van der Waals surface area contributed by atoms with Crippen molar-refractivity contribution >= 4 is 27.7 Å². The minimum atomic E-state index is 0.00994. The summed E-state index contributed by atoms with van der Waals surface area (Å²) in [5.74, 6) is 0.0725. The monoisotopic (exact) mass is 383 g/mol. The van der Waals surface area contributed by atoms with Gasteiger partial charge in [-0.05, 0) is 54.8 Å². The summed E-state index contributed by atoms with van der Waals surface area (Å²) in [7, 11) is 0. The Balaban J connectivity index is 1.59. The van der Waals surface area contributed by atoms with E-state index >= 15 is 0 Å². The summed E-state index contributed by atoms with van der Waals surface area (Å²) in [4.78, 5) is 32.3. The highest BCUT2D eigenvalue weighted by molar-refractivity contribution is 5.94. The van der Waals surface area contributed by atoms with Crippen LogP contribution in [0.4, 0.5) is 0 Å². The first kappa shape index (κ1) is 17.6. The number of para-hydroxylation sites is 2. The number of pyridine rings is 2. The van der Waals surface area contributed by atoms with Crippen LogP contribution in [0.5, 0.6) is 0 Å². The third-order valence-corrected chi connectivity index (χ3v) is 5.84. The van der Waals surface area contributed by atoms with Crippen molar-refractivity contribution in [3.05, 3.63) is 88.8 Å². The van der Waals surface area contributed by atoms with Gasteiger partial charge in [0.25, 0.3) is 0 Å². The molecule has 0 bridgehead atoms. The molecular weight excluding hydrogens is 362 g/mol. The minimum Gasteiger partial charge on any atom is -0.334 e. The number of carbonyl (C=O) groups is 1. The maximum atomic E-state index is 13.4. The van der Waals surface area contributed by atoms with Crippen molar-refractivity contribution in [1.82, 2.24) is 14.5 Å². The molecule has 1 fully saturated rings. The Bertz CT molecular complexity index is 1200. The second-order valence-electron chi connectivity index (χ2n) is 7.48. The van der Waals surface area contributed by atoms with Gasteiger partial charge >= 0.3 is 0 Å². The molecular formula is C24H21N3O2. The predicted octanol–water partition coefficient (Wildman–Crippen LogP) is 3.91. The lowest BCUT2D eigenvalue weighted by Crippen LogP contribution is -2.34. The van der Waals surface area contributed by atoms with Gasteiger partial charge in [0.1, 0.15) is 6.54 Å². The molecule has 0 radical (unpaired) electrons. The topological polar surface area (TPSA) is 55.2 Å². The van der Waals surface area contributed by atoms with Gasteiger partial charge in [0.2, 0.25) is 5.91 Å². The maximum absolute atomic E-state index is 13.4. The van der Waals surface area contributed by atoms with Crippen molar-refractivity contribution in [1.29, 1.82) is 0 Å². The van der Waals surface area contributed by atoms with E-state index in [1.165, 1.54) is 0 Å². The molecule has 0 saturated carbocycles. The van der Waals surface area contributed by atoms with E-state index in [0.29, 0.717) is 10.8 Å². The third kappa shape index (κ3) is 2.99. The number of amides is 1. The van der Waals surface area contributed by atoms with Crippen LogP contribution >= 0.6 is 0 Å².